The van der Waals surface area contributed by atoms with Gasteiger partial charge in [0, 0.05) is 30.1 Å². The van der Waals surface area contributed by atoms with Crippen molar-refractivity contribution in [3.8, 4) is 22.9 Å². The maximum absolute atomic E-state index is 9.67. The zero-order valence-electron chi connectivity index (χ0n) is 29.4. The predicted molar refractivity (Wildman–Crippen MR) is 201 cm³/mol. The SMILES string of the molecule is Cc1c(OC(C)C)nn(CCO)c1CN(CCOc1[nH]ncc1-c1ccc2c(c1)c(/C=C/B1OC(C)(C)C(C)(C)O1)nn2PI)C(C)C. The number of nitrogens with one attached hydrogen (secondary N) is 1. The van der Waals surface area contributed by atoms with E-state index in [1.165, 1.54) is 0 Å². The first-order valence-corrected chi connectivity index (χ1v) is 20.5. The van der Waals surface area contributed by atoms with Gasteiger partial charge in [0.15, 0.2) is 0 Å². The van der Waals surface area contributed by atoms with E-state index in [4.69, 9.17) is 23.9 Å². The molecule has 1 unspecified atom stereocenters. The van der Waals surface area contributed by atoms with Crippen molar-refractivity contribution in [1.82, 2.24) is 34.4 Å². The molecule has 5 rings (SSSR count). The van der Waals surface area contributed by atoms with Gasteiger partial charge in [-0.25, -0.2) is 9.55 Å². The first-order valence-electron chi connectivity index (χ1n) is 16.4. The fourth-order valence-electron chi connectivity index (χ4n) is 5.58. The van der Waals surface area contributed by atoms with E-state index in [9.17, 15) is 5.11 Å². The summed E-state index contributed by atoms with van der Waals surface area (Å²) in [6.45, 7) is 20.7. The molecule has 15 heteroatoms. The zero-order valence-corrected chi connectivity index (χ0v) is 32.5. The maximum Gasteiger partial charge on any atom is 0.487 e. The molecule has 1 atom stereocenters. The molecule has 0 amide bonds. The molecule has 4 aromatic rings. The van der Waals surface area contributed by atoms with Crippen LogP contribution in [0.1, 0.15) is 72.3 Å². The Morgan fingerprint density at radius 2 is 1.88 bits per heavy atom. The van der Waals surface area contributed by atoms with Gasteiger partial charge < -0.3 is 23.9 Å². The third-order valence-corrected chi connectivity index (χ3v) is 10.9. The minimum Gasteiger partial charge on any atom is -0.476 e. The number of aromatic amines is 1. The lowest BCUT2D eigenvalue weighted by molar-refractivity contribution is 0.00578. The maximum atomic E-state index is 9.67. The molecule has 0 spiro atoms. The average molecular weight is 791 g/mol. The Labute approximate surface area is 298 Å². The molecular weight excluding hydrogens is 743 g/mol. The molecule has 1 aliphatic heterocycles. The average Bonchev–Trinajstić information content (AvgIpc) is 3.75. The molecule has 12 nitrogen and oxygen atoms in total. The van der Waals surface area contributed by atoms with E-state index in [-0.39, 0.29) is 18.8 Å². The number of hydrogen-bond donors (Lipinski definition) is 2. The summed E-state index contributed by atoms with van der Waals surface area (Å²) in [5, 5.41) is 27.6. The number of benzene rings is 1. The summed E-state index contributed by atoms with van der Waals surface area (Å²) in [7, 11) is -0.450. The van der Waals surface area contributed by atoms with Gasteiger partial charge in [0.05, 0.1) is 65.5 Å². The van der Waals surface area contributed by atoms with Gasteiger partial charge in [-0.3, -0.25) is 9.58 Å². The van der Waals surface area contributed by atoms with Crippen molar-refractivity contribution in [2.75, 3.05) is 19.8 Å². The van der Waals surface area contributed by atoms with Crippen molar-refractivity contribution in [2.24, 2.45) is 0 Å². The van der Waals surface area contributed by atoms with Gasteiger partial charge >= 0.3 is 7.12 Å². The van der Waals surface area contributed by atoms with Gasteiger partial charge in [0.1, 0.15) is 6.61 Å². The molecule has 260 valence electrons. The Bertz CT molecular complexity index is 1720. The van der Waals surface area contributed by atoms with Crippen LogP contribution in [0, 0.1) is 6.92 Å². The molecule has 1 fully saturated rings. The van der Waals surface area contributed by atoms with E-state index in [0.29, 0.717) is 44.4 Å². The molecule has 0 bridgehead atoms. The number of aliphatic hydroxyl groups excluding tert-OH is 1. The van der Waals surface area contributed by atoms with Crippen LogP contribution < -0.4 is 9.47 Å². The van der Waals surface area contributed by atoms with E-state index in [1.807, 2.05) is 69.7 Å². The van der Waals surface area contributed by atoms with Gasteiger partial charge in [0.25, 0.3) is 0 Å². The fourth-order valence-corrected chi connectivity index (χ4v) is 7.11. The van der Waals surface area contributed by atoms with Crippen LogP contribution in [0.25, 0.3) is 28.1 Å². The first-order chi connectivity index (χ1) is 22.7. The molecule has 4 heterocycles. The highest BCUT2D eigenvalue weighted by atomic mass is 127. The van der Waals surface area contributed by atoms with Gasteiger partial charge in [-0.1, -0.05) is 12.0 Å². The Kier molecular flexibility index (Phi) is 11.6. The number of rotatable bonds is 15. The van der Waals surface area contributed by atoms with E-state index >= 15 is 0 Å². The van der Waals surface area contributed by atoms with Crippen molar-refractivity contribution in [2.45, 2.75) is 98.8 Å². The lowest BCUT2D eigenvalue weighted by atomic mass is 9.89. The molecule has 0 radical (unpaired) electrons. The minimum atomic E-state index is -0.450. The Morgan fingerprint density at radius 1 is 1.15 bits per heavy atom. The number of nitrogens with zero attached hydrogens (tertiary/aromatic N) is 6. The lowest BCUT2D eigenvalue weighted by Gasteiger charge is -2.32. The molecule has 1 aromatic carbocycles. The Morgan fingerprint density at radius 3 is 2.52 bits per heavy atom. The van der Waals surface area contributed by atoms with Crippen molar-refractivity contribution in [3.63, 3.8) is 0 Å². The van der Waals surface area contributed by atoms with Crippen LogP contribution in [0.5, 0.6) is 11.8 Å². The molecule has 3 aromatic heterocycles. The van der Waals surface area contributed by atoms with Gasteiger partial charge in [-0.2, -0.15) is 10.2 Å². The van der Waals surface area contributed by atoms with Gasteiger partial charge in [-0.05, 0) is 108 Å². The Hall–Kier alpha value is -2.49. The standard InChI is InChI=1S/C33H48BIN7O5P/c1-21(2)40(20-29-23(5)30(45-22(3)4)39-41(29)14-16-43)15-17-44-31-26(19-36-37-31)24-10-11-28-25(18-24)27(38-42(28)48-35)12-13-34-46-32(6,7)33(8,9)47-34/h10-13,18-19,21-22,43,48H,14-17,20H2,1-9H3,(H,36,37)/b13-12+. The summed E-state index contributed by atoms with van der Waals surface area (Å²) in [5.74, 6) is 3.17. The second-order valence-electron chi connectivity index (χ2n) is 13.6. The van der Waals surface area contributed by atoms with E-state index in [2.05, 4.69) is 74.3 Å². The van der Waals surface area contributed by atoms with Crippen molar-refractivity contribution in [1.29, 1.82) is 0 Å². The van der Waals surface area contributed by atoms with E-state index in [1.54, 1.807) is 6.20 Å². The summed E-state index contributed by atoms with van der Waals surface area (Å²) in [5.41, 5.74) is 4.97. The zero-order chi connectivity index (χ0) is 34.8. The van der Waals surface area contributed by atoms with Crippen molar-refractivity contribution in [3.05, 3.63) is 47.3 Å². The van der Waals surface area contributed by atoms with Crippen LogP contribution in [0.4, 0.5) is 0 Å². The van der Waals surface area contributed by atoms with E-state index < -0.39 is 18.3 Å². The normalized spacial score (nSPS) is 16.3. The highest BCUT2D eigenvalue weighted by Crippen LogP contribution is 2.38. The largest absolute Gasteiger partial charge is 0.487 e. The summed E-state index contributed by atoms with van der Waals surface area (Å²) in [6.07, 6.45) is 4.25. The second kappa shape index (κ2) is 15.2. The summed E-state index contributed by atoms with van der Waals surface area (Å²) >= 11 is 2.35. The lowest BCUT2D eigenvalue weighted by Crippen LogP contribution is -2.41. The molecule has 48 heavy (non-hydrogen) atoms. The molecule has 1 aliphatic rings. The third-order valence-electron chi connectivity index (χ3n) is 9.03. The fraction of sp³-hybridized carbons (Fsp3) is 0.545. The number of fused-ring (bicyclic) bond motifs is 1. The molecule has 2 N–H and O–H groups in total. The number of aliphatic hydroxyl groups is 1. The quantitative estimate of drug-likeness (QED) is 0.0796. The molecular formula is C33H48BIN7O5P. The molecule has 0 saturated carbocycles. The van der Waals surface area contributed by atoms with Crippen LogP contribution in [-0.4, -0.2) is 89.8 Å². The number of hydrogen-bond acceptors (Lipinski definition) is 9. The van der Waals surface area contributed by atoms with Gasteiger partial charge in [0.2, 0.25) is 11.8 Å². The summed E-state index contributed by atoms with van der Waals surface area (Å²) < 4.78 is 28.5. The number of ether oxygens (including phenoxy) is 2. The molecule has 1 saturated heterocycles. The Balaban J connectivity index is 1.32. The third kappa shape index (κ3) is 7.94. The highest BCUT2D eigenvalue weighted by molar-refractivity contribution is 14.2. The highest BCUT2D eigenvalue weighted by Gasteiger charge is 2.50. The van der Waals surface area contributed by atoms with E-state index in [0.717, 1.165) is 39.0 Å². The monoisotopic (exact) mass is 791 g/mol. The van der Waals surface area contributed by atoms with Crippen molar-refractivity contribution >= 4 is 52.5 Å². The predicted octanol–water partition coefficient (Wildman–Crippen LogP) is 6.44. The number of H-pyrrole nitrogens is 1. The topological polar surface area (TPSA) is 125 Å². The van der Waals surface area contributed by atoms with Crippen LogP contribution in [0.2, 0.25) is 0 Å². The summed E-state index contributed by atoms with van der Waals surface area (Å²) in [6, 6.07) is 6.57. The molecule has 0 aliphatic carbocycles. The smallest absolute Gasteiger partial charge is 0.476 e. The number of halogens is 1. The van der Waals surface area contributed by atoms with Crippen LogP contribution >= 0.6 is 28.4 Å². The first kappa shape index (κ1) is 36.8. The van der Waals surface area contributed by atoms with Crippen molar-refractivity contribution < 1.29 is 23.9 Å². The van der Waals surface area contributed by atoms with Crippen LogP contribution in [-0.2, 0) is 22.4 Å². The van der Waals surface area contributed by atoms with Crippen LogP contribution in [0.15, 0.2) is 30.4 Å². The number of aromatic nitrogens is 6. The summed E-state index contributed by atoms with van der Waals surface area (Å²) in [4.78, 5) is 2.33. The van der Waals surface area contributed by atoms with Gasteiger partial charge in [-0.15, -0.1) is 5.10 Å². The van der Waals surface area contributed by atoms with Crippen LogP contribution in [0.3, 0.4) is 0 Å². The second-order valence-corrected chi connectivity index (χ2v) is 15.7. The minimum absolute atomic E-state index is 0.00544.